The van der Waals surface area contributed by atoms with Crippen LogP contribution in [0.15, 0.2) is 40.9 Å². The Morgan fingerprint density at radius 3 is 2.42 bits per heavy atom. The van der Waals surface area contributed by atoms with Crippen molar-refractivity contribution in [3.05, 3.63) is 69.2 Å². The minimum absolute atomic E-state index is 0.386. The van der Waals surface area contributed by atoms with Crippen molar-refractivity contribution in [3.63, 3.8) is 0 Å². The number of aryl methyl sites for hydroxylation is 1. The molecule has 0 spiro atoms. The van der Waals surface area contributed by atoms with Gasteiger partial charge in [-0.2, -0.15) is 0 Å². The molecular weight excluding hydrogens is 314 g/mol. The molecule has 1 atom stereocenters. The molecule has 0 aliphatic heterocycles. The SMILES string of the molecule is Cc1cc(Br)ccc1C(NN)c1ccc(F)c(F)c1. The van der Waals surface area contributed by atoms with E-state index in [2.05, 4.69) is 21.4 Å². The number of nitrogens with one attached hydrogen (secondary N) is 1. The van der Waals surface area contributed by atoms with Gasteiger partial charge in [0.2, 0.25) is 0 Å². The predicted octanol–water partition coefficient (Wildman–Crippen LogP) is 3.59. The third-order valence-corrected chi connectivity index (χ3v) is 3.48. The van der Waals surface area contributed by atoms with Gasteiger partial charge in [-0.1, -0.05) is 28.1 Å². The van der Waals surface area contributed by atoms with Crippen molar-refractivity contribution < 1.29 is 8.78 Å². The molecule has 0 bridgehead atoms. The Hall–Kier alpha value is -1.30. The van der Waals surface area contributed by atoms with Crippen LogP contribution in [0.3, 0.4) is 0 Å². The standard InChI is InChI=1S/C14H13BrF2N2/c1-8-6-10(15)3-4-11(8)14(19-18)9-2-5-12(16)13(17)7-9/h2-7,14,19H,18H2,1H3. The third-order valence-electron chi connectivity index (χ3n) is 2.99. The molecule has 2 rings (SSSR count). The van der Waals surface area contributed by atoms with Crippen molar-refractivity contribution in [2.75, 3.05) is 0 Å². The molecule has 0 aliphatic rings. The summed E-state index contributed by atoms with van der Waals surface area (Å²) in [6, 6.07) is 9.11. The Morgan fingerprint density at radius 2 is 1.84 bits per heavy atom. The van der Waals surface area contributed by atoms with Gasteiger partial charge in [-0.25, -0.2) is 14.2 Å². The fraction of sp³-hybridized carbons (Fsp3) is 0.143. The number of halogens is 3. The van der Waals surface area contributed by atoms with Crippen molar-refractivity contribution in [1.29, 1.82) is 0 Å². The lowest BCUT2D eigenvalue weighted by molar-refractivity contribution is 0.504. The van der Waals surface area contributed by atoms with Crippen LogP contribution >= 0.6 is 15.9 Å². The summed E-state index contributed by atoms with van der Waals surface area (Å²) in [6.07, 6.45) is 0. The van der Waals surface area contributed by atoms with Crippen molar-refractivity contribution >= 4 is 15.9 Å². The average Bonchev–Trinajstić information content (AvgIpc) is 2.37. The largest absolute Gasteiger partial charge is 0.271 e. The smallest absolute Gasteiger partial charge is 0.159 e. The second-order valence-electron chi connectivity index (χ2n) is 4.27. The number of rotatable bonds is 3. The number of hydrogen-bond acceptors (Lipinski definition) is 2. The molecule has 0 fully saturated rings. The molecule has 5 heteroatoms. The Kier molecular flexibility index (Phi) is 4.29. The zero-order valence-corrected chi connectivity index (χ0v) is 11.8. The van der Waals surface area contributed by atoms with Gasteiger partial charge < -0.3 is 0 Å². The van der Waals surface area contributed by atoms with Crippen molar-refractivity contribution in [1.82, 2.24) is 5.43 Å². The minimum Gasteiger partial charge on any atom is -0.271 e. The lowest BCUT2D eigenvalue weighted by Crippen LogP contribution is -2.29. The fourth-order valence-electron chi connectivity index (χ4n) is 2.02. The van der Waals surface area contributed by atoms with Crippen LogP contribution in [-0.4, -0.2) is 0 Å². The Balaban J connectivity index is 2.46. The molecule has 2 aromatic rings. The molecule has 19 heavy (non-hydrogen) atoms. The molecule has 0 amide bonds. The highest BCUT2D eigenvalue weighted by molar-refractivity contribution is 9.10. The Labute approximate surface area is 118 Å². The average molecular weight is 327 g/mol. The van der Waals surface area contributed by atoms with Crippen LogP contribution in [0.25, 0.3) is 0 Å². The first kappa shape index (κ1) is 14.1. The first-order valence-corrected chi connectivity index (χ1v) is 6.49. The molecule has 2 nitrogen and oxygen atoms in total. The van der Waals surface area contributed by atoms with Gasteiger partial charge in [-0.15, -0.1) is 0 Å². The summed E-state index contributed by atoms with van der Waals surface area (Å²) in [5.74, 6) is 3.80. The van der Waals surface area contributed by atoms with E-state index in [0.717, 1.165) is 27.7 Å². The fourth-order valence-corrected chi connectivity index (χ4v) is 2.50. The molecule has 0 aromatic heterocycles. The second kappa shape index (κ2) is 5.77. The maximum absolute atomic E-state index is 13.3. The summed E-state index contributed by atoms with van der Waals surface area (Å²) >= 11 is 3.38. The van der Waals surface area contributed by atoms with E-state index in [1.165, 1.54) is 6.07 Å². The van der Waals surface area contributed by atoms with Crippen LogP contribution in [0.2, 0.25) is 0 Å². The van der Waals surface area contributed by atoms with E-state index >= 15 is 0 Å². The zero-order chi connectivity index (χ0) is 14.0. The van der Waals surface area contributed by atoms with Gasteiger partial charge >= 0.3 is 0 Å². The summed E-state index contributed by atoms with van der Waals surface area (Å²) < 4.78 is 27.2. The number of hydrazine groups is 1. The molecule has 1 unspecified atom stereocenters. The van der Waals surface area contributed by atoms with E-state index in [1.54, 1.807) is 0 Å². The van der Waals surface area contributed by atoms with Crippen LogP contribution < -0.4 is 11.3 Å². The second-order valence-corrected chi connectivity index (χ2v) is 5.19. The quantitative estimate of drug-likeness (QED) is 0.668. The third kappa shape index (κ3) is 3.00. The zero-order valence-electron chi connectivity index (χ0n) is 10.3. The minimum atomic E-state index is -0.882. The molecule has 0 heterocycles. The lowest BCUT2D eigenvalue weighted by Gasteiger charge is -2.19. The summed E-state index contributed by atoms with van der Waals surface area (Å²) in [5, 5.41) is 0. The van der Waals surface area contributed by atoms with E-state index < -0.39 is 11.6 Å². The molecule has 0 aliphatic carbocycles. The van der Waals surface area contributed by atoms with Crippen molar-refractivity contribution in [2.45, 2.75) is 13.0 Å². The van der Waals surface area contributed by atoms with Crippen LogP contribution in [-0.2, 0) is 0 Å². The first-order valence-electron chi connectivity index (χ1n) is 5.70. The molecule has 0 saturated heterocycles. The van der Waals surface area contributed by atoms with E-state index in [9.17, 15) is 8.78 Å². The van der Waals surface area contributed by atoms with Crippen LogP contribution in [0.4, 0.5) is 8.78 Å². The van der Waals surface area contributed by atoms with Gasteiger partial charge in [-0.3, -0.25) is 5.84 Å². The maximum Gasteiger partial charge on any atom is 0.159 e. The number of benzene rings is 2. The Bertz CT molecular complexity index is 602. The van der Waals surface area contributed by atoms with E-state index in [4.69, 9.17) is 5.84 Å². The summed E-state index contributed by atoms with van der Waals surface area (Å²) in [5.41, 5.74) is 5.13. The lowest BCUT2D eigenvalue weighted by atomic mass is 9.95. The summed E-state index contributed by atoms with van der Waals surface area (Å²) in [4.78, 5) is 0. The molecular formula is C14H13BrF2N2. The van der Waals surface area contributed by atoms with Crippen molar-refractivity contribution in [2.24, 2.45) is 5.84 Å². The molecule has 100 valence electrons. The summed E-state index contributed by atoms with van der Waals surface area (Å²) in [7, 11) is 0. The molecule has 0 saturated carbocycles. The van der Waals surface area contributed by atoms with E-state index in [0.29, 0.717) is 5.56 Å². The molecule has 3 N–H and O–H groups in total. The number of nitrogens with two attached hydrogens (primary N) is 1. The monoisotopic (exact) mass is 326 g/mol. The maximum atomic E-state index is 13.3. The summed E-state index contributed by atoms with van der Waals surface area (Å²) in [6.45, 7) is 1.93. The van der Waals surface area contributed by atoms with Gasteiger partial charge in [0, 0.05) is 4.47 Å². The van der Waals surface area contributed by atoms with Crippen molar-refractivity contribution in [3.8, 4) is 0 Å². The van der Waals surface area contributed by atoms with Gasteiger partial charge in [0.05, 0.1) is 6.04 Å². The van der Waals surface area contributed by atoms with Crippen LogP contribution in [0, 0.1) is 18.6 Å². The highest BCUT2D eigenvalue weighted by Crippen LogP contribution is 2.27. The highest BCUT2D eigenvalue weighted by atomic mass is 79.9. The van der Waals surface area contributed by atoms with E-state index in [-0.39, 0.29) is 6.04 Å². The van der Waals surface area contributed by atoms with Gasteiger partial charge in [0.1, 0.15) is 0 Å². The van der Waals surface area contributed by atoms with Gasteiger partial charge in [0.25, 0.3) is 0 Å². The van der Waals surface area contributed by atoms with Crippen LogP contribution in [0.1, 0.15) is 22.7 Å². The Morgan fingerprint density at radius 1 is 1.11 bits per heavy atom. The van der Waals surface area contributed by atoms with Gasteiger partial charge in [-0.05, 0) is 47.9 Å². The predicted molar refractivity (Wildman–Crippen MR) is 74.4 cm³/mol. The first-order chi connectivity index (χ1) is 9.02. The molecule has 0 radical (unpaired) electrons. The highest BCUT2D eigenvalue weighted by Gasteiger charge is 2.16. The normalized spacial score (nSPS) is 12.5. The van der Waals surface area contributed by atoms with Crippen LogP contribution in [0.5, 0.6) is 0 Å². The van der Waals surface area contributed by atoms with Gasteiger partial charge in [0.15, 0.2) is 11.6 Å². The number of hydrogen-bond donors (Lipinski definition) is 2. The van der Waals surface area contributed by atoms with E-state index in [1.807, 2.05) is 25.1 Å². The topological polar surface area (TPSA) is 38.0 Å². The molecule has 2 aromatic carbocycles.